The Morgan fingerprint density at radius 2 is 2.54 bits per heavy atom. The third-order valence-electron chi connectivity index (χ3n) is 1.59. The van der Waals surface area contributed by atoms with Crippen LogP contribution < -0.4 is 5.73 Å². The van der Waals surface area contributed by atoms with Gasteiger partial charge in [-0.2, -0.15) is 0 Å². The average molecular weight is 201 g/mol. The summed E-state index contributed by atoms with van der Waals surface area (Å²) < 4.78 is 4.52. The van der Waals surface area contributed by atoms with E-state index in [1.807, 2.05) is 0 Å². The molecule has 0 amide bonds. The maximum atomic E-state index is 11.0. The summed E-state index contributed by atoms with van der Waals surface area (Å²) >= 11 is 1.30. The number of hydrogen-bond donors (Lipinski definition) is 2. The van der Waals surface area contributed by atoms with Crippen LogP contribution in [0.3, 0.4) is 0 Å². The van der Waals surface area contributed by atoms with Crippen LogP contribution in [0.4, 0.5) is 0 Å². The van der Waals surface area contributed by atoms with Crippen molar-refractivity contribution in [2.45, 2.75) is 6.10 Å². The molecule has 72 valence electrons. The van der Waals surface area contributed by atoms with Gasteiger partial charge in [0.25, 0.3) is 0 Å². The van der Waals surface area contributed by atoms with E-state index in [-0.39, 0.29) is 6.54 Å². The van der Waals surface area contributed by atoms with E-state index in [4.69, 9.17) is 5.73 Å². The molecule has 13 heavy (non-hydrogen) atoms. The van der Waals surface area contributed by atoms with Gasteiger partial charge in [-0.1, -0.05) is 0 Å². The first-order valence-corrected chi connectivity index (χ1v) is 4.62. The van der Waals surface area contributed by atoms with E-state index in [9.17, 15) is 9.90 Å². The van der Waals surface area contributed by atoms with Crippen molar-refractivity contribution in [1.82, 2.24) is 0 Å². The zero-order valence-corrected chi connectivity index (χ0v) is 8.00. The Hall–Kier alpha value is -0.910. The lowest BCUT2D eigenvalue weighted by atomic mass is 10.2. The van der Waals surface area contributed by atoms with Crippen LogP contribution in [0.1, 0.15) is 21.3 Å². The fourth-order valence-corrected chi connectivity index (χ4v) is 1.74. The summed E-state index contributed by atoms with van der Waals surface area (Å²) in [5.74, 6) is -0.397. The number of nitrogens with two attached hydrogens (primary N) is 1. The molecule has 0 unspecified atom stereocenters. The van der Waals surface area contributed by atoms with Gasteiger partial charge in [-0.05, 0) is 6.07 Å². The van der Waals surface area contributed by atoms with Gasteiger partial charge in [0.1, 0.15) is 6.10 Å². The molecular weight excluding hydrogens is 190 g/mol. The normalized spacial score (nSPS) is 12.5. The predicted molar refractivity (Wildman–Crippen MR) is 49.7 cm³/mol. The Labute approximate surface area is 79.9 Å². The van der Waals surface area contributed by atoms with Gasteiger partial charge in [-0.25, -0.2) is 4.79 Å². The van der Waals surface area contributed by atoms with Gasteiger partial charge in [-0.15, -0.1) is 11.3 Å². The van der Waals surface area contributed by atoms with Crippen molar-refractivity contribution in [1.29, 1.82) is 0 Å². The van der Waals surface area contributed by atoms with Crippen molar-refractivity contribution in [3.8, 4) is 0 Å². The molecule has 1 heterocycles. The molecule has 0 spiro atoms. The summed E-state index contributed by atoms with van der Waals surface area (Å²) in [6.07, 6.45) is -0.691. The van der Waals surface area contributed by atoms with Crippen molar-refractivity contribution >= 4 is 17.3 Å². The molecular formula is C8H11NO3S. The molecule has 4 nitrogen and oxygen atoms in total. The van der Waals surface area contributed by atoms with Gasteiger partial charge < -0.3 is 15.6 Å². The van der Waals surface area contributed by atoms with Crippen molar-refractivity contribution in [2.75, 3.05) is 13.7 Å². The number of thiophene rings is 1. The predicted octanol–water partition coefficient (Wildman–Crippen LogP) is 0.527. The molecule has 0 aliphatic heterocycles. The lowest BCUT2D eigenvalue weighted by Crippen LogP contribution is -2.10. The monoisotopic (exact) mass is 201 g/mol. The molecule has 0 aliphatic carbocycles. The highest BCUT2D eigenvalue weighted by atomic mass is 32.1. The van der Waals surface area contributed by atoms with Crippen LogP contribution >= 0.6 is 11.3 Å². The van der Waals surface area contributed by atoms with Crippen LogP contribution in [0.5, 0.6) is 0 Å². The molecule has 1 rings (SSSR count). The molecule has 0 saturated heterocycles. The minimum Gasteiger partial charge on any atom is -0.465 e. The fraction of sp³-hybridized carbons (Fsp3) is 0.375. The Bertz CT molecular complexity index is 297. The molecule has 3 N–H and O–H groups in total. The molecule has 5 heteroatoms. The largest absolute Gasteiger partial charge is 0.465 e. The second kappa shape index (κ2) is 4.36. The van der Waals surface area contributed by atoms with Gasteiger partial charge in [0.05, 0.1) is 12.7 Å². The molecule has 1 aromatic rings. The number of rotatable bonds is 3. The van der Waals surface area contributed by atoms with E-state index in [1.54, 1.807) is 11.4 Å². The second-order valence-corrected chi connectivity index (χ2v) is 3.42. The minimum absolute atomic E-state index is 0.154. The van der Waals surface area contributed by atoms with E-state index in [0.29, 0.717) is 10.4 Å². The van der Waals surface area contributed by atoms with Crippen LogP contribution in [0.25, 0.3) is 0 Å². The summed E-state index contributed by atoms with van der Waals surface area (Å²) in [4.78, 5) is 11.7. The topological polar surface area (TPSA) is 72.5 Å². The smallest absolute Gasteiger partial charge is 0.338 e. The third kappa shape index (κ3) is 2.27. The Morgan fingerprint density at radius 1 is 1.85 bits per heavy atom. The van der Waals surface area contributed by atoms with Gasteiger partial charge in [-0.3, -0.25) is 0 Å². The van der Waals surface area contributed by atoms with Gasteiger partial charge in [0.2, 0.25) is 0 Å². The average Bonchev–Trinajstić information content (AvgIpc) is 2.64. The molecule has 1 aromatic heterocycles. The van der Waals surface area contributed by atoms with Gasteiger partial charge in [0.15, 0.2) is 0 Å². The summed E-state index contributed by atoms with van der Waals surface area (Å²) in [7, 11) is 1.32. The third-order valence-corrected chi connectivity index (χ3v) is 2.63. The maximum Gasteiger partial charge on any atom is 0.338 e. The first-order valence-electron chi connectivity index (χ1n) is 3.74. The van der Waals surface area contributed by atoms with Crippen molar-refractivity contribution in [3.63, 3.8) is 0 Å². The molecule has 0 fully saturated rings. The lowest BCUT2D eigenvalue weighted by Gasteiger charge is -2.02. The summed E-state index contributed by atoms with van der Waals surface area (Å²) in [6, 6.07) is 1.59. The minimum atomic E-state index is -0.691. The molecule has 0 bridgehead atoms. The zero-order valence-electron chi connectivity index (χ0n) is 7.19. The SMILES string of the molecule is COC(=O)c1csc([C@@H](O)CN)c1. The standard InChI is InChI=1S/C8H11NO3S/c1-12-8(11)5-2-7(13-4-5)6(10)3-9/h2,4,6,10H,3,9H2,1H3/t6-/m0/s1. The number of ether oxygens (including phenoxy) is 1. The molecule has 0 radical (unpaired) electrons. The zero-order chi connectivity index (χ0) is 9.84. The highest BCUT2D eigenvalue weighted by Crippen LogP contribution is 2.21. The number of methoxy groups -OCH3 is 1. The van der Waals surface area contributed by atoms with E-state index < -0.39 is 12.1 Å². The first-order chi connectivity index (χ1) is 6.19. The van der Waals surface area contributed by atoms with Gasteiger partial charge >= 0.3 is 5.97 Å². The number of aliphatic hydroxyl groups is 1. The van der Waals surface area contributed by atoms with Crippen LogP contribution in [0.15, 0.2) is 11.4 Å². The van der Waals surface area contributed by atoms with Crippen molar-refractivity contribution in [2.24, 2.45) is 5.73 Å². The van der Waals surface area contributed by atoms with Crippen LogP contribution in [-0.4, -0.2) is 24.7 Å². The van der Waals surface area contributed by atoms with Crippen LogP contribution in [0, 0.1) is 0 Å². The number of esters is 1. The summed E-state index contributed by atoms with van der Waals surface area (Å²) in [6.45, 7) is 0.154. The molecule has 0 aliphatic rings. The number of carbonyl (C=O) groups excluding carboxylic acids is 1. The Balaban J connectivity index is 2.80. The number of carbonyl (C=O) groups is 1. The molecule has 0 saturated carbocycles. The quantitative estimate of drug-likeness (QED) is 0.699. The van der Waals surface area contributed by atoms with Crippen LogP contribution in [0.2, 0.25) is 0 Å². The molecule has 1 atom stereocenters. The maximum absolute atomic E-state index is 11.0. The Morgan fingerprint density at radius 3 is 3.08 bits per heavy atom. The Kier molecular flexibility index (Phi) is 3.41. The first kappa shape index (κ1) is 10.2. The molecule has 0 aromatic carbocycles. The second-order valence-electron chi connectivity index (χ2n) is 2.48. The van der Waals surface area contributed by atoms with E-state index >= 15 is 0 Å². The van der Waals surface area contributed by atoms with Crippen molar-refractivity contribution in [3.05, 3.63) is 21.9 Å². The van der Waals surface area contributed by atoms with E-state index in [0.717, 1.165) is 0 Å². The highest BCUT2D eigenvalue weighted by molar-refractivity contribution is 7.10. The lowest BCUT2D eigenvalue weighted by molar-refractivity contribution is 0.0601. The summed E-state index contributed by atoms with van der Waals surface area (Å²) in [5.41, 5.74) is 5.72. The van der Waals surface area contributed by atoms with E-state index in [2.05, 4.69) is 4.74 Å². The highest BCUT2D eigenvalue weighted by Gasteiger charge is 2.12. The van der Waals surface area contributed by atoms with Crippen LogP contribution in [-0.2, 0) is 4.74 Å². The van der Waals surface area contributed by atoms with Gasteiger partial charge in [0, 0.05) is 16.8 Å². The van der Waals surface area contributed by atoms with Crippen molar-refractivity contribution < 1.29 is 14.6 Å². The van der Waals surface area contributed by atoms with E-state index in [1.165, 1.54) is 18.4 Å². The fourth-order valence-electron chi connectivity index (χ4n) is 0.869. The number of hydrogen-bond acceptors (Lipinski definition) is 5. The number of aliphatic hydroxyl groups excluding tert-OH is 1. The summed E-state index contributed by atoms with van der Waals surface area (Å²) in [5, 5.41) is 11.0.